The maximum absolute atomic E-state index is 2.53. The first-order valence-corrected chi connectivity index (χ1v) is 16.4. The Hall–Kier alpha value is 0.402. The van der Waals surface area contributed by atoms with Gasteiger partial charge in [0.15, 0.2) is 0 Å². The van der Waals surface area contributed by atoms with E-state index >= 15 is 0 Å². The molecule has 0 saturated carbocycles. The minimum atomic E-state index is -1.30. The van der Waals surface area contributed by atoms with Crippen LogP contribution in [0.2, 0.25) is 12.4 Å². The molecule has 0 bridgehead atoms. The van der Waals surface area contributed by atoms with Crippen molar-refractivity contribution >= 4 is 22.7 Å². The van der Waals surface area contributed by atoms with Gasteiger partial charge in [-0.1, -0.05) is 0 Å². The second-order valence-electron chi connectivity index (χ2n) is 4.34. The molecule has 1 aliphatic rings. The van der Waals surface area contributed by atoms with Crippen LogP contribution in [0, 0.1) is 0 Å². The molecule has 1 rings (SSSR count). The van der Waals surface area contributed by atoms with Crippen molar-refractivity contribution in [3.8, 4) is 0 Å². The Morgan fingerprint density at radius 1 is 0.833 bits per heavy atom. The average molecular weight is 356 g/mol. The molecule has 0 N–H and O–H groups in total. The third-order valence-electron chi connectivity index (χ3n) is 3.35. The predicted octanol–water partition coefficient (Wildman–Crippen LogP) is 3.80. The Kier molecular flexibility index (Phi) is 3.18. The van der Waals surface area contributed by atoms with Crippen LogP contribution in [0.25, 0.3) is 0 Å². The first-order chi connectivity index (χ1) is 5.46. The molecule has 0 fully saturated rings. The van der Waals surface area contributed by atoms with E-state index in [9.17, 15) is 0 Å². The molecule has 0 atom stereocenters. The summed E-state index contributed by atoms with van der Waals surface area (Å²) in [6.07, 6.45) is 0. The molecule has 0 amide bonds. The van der Waals surface area contributed by atoms with Gasteiger partial charge in [0.05, 0.1) is 0 Å². The molecule has 0 saturated heterocycles. The van der Waals surface area contributed by atoms with Crippen molar-refractivity contribution < 1.29 is 0 Å². The number of hydrogen-bond acceptors (Lipinski definition) is 0. The first kappa shape index (κ1) is 10.5. The Labute approximate surface area is 84.9 Å². The fourth-order valence-corrected chi connectivity index (χ4v) is 12.1. The zero-order chi connectivity index (χ0) is 9.46. The summed E-state index contributed by atoms with van der Waals surface area (Å²) in [6.45, 7) is 9.23. The van der Waals surface area contributed by atoms with Crippen molar-refractivity contribution in [3.05, 3.63) is 22.3 Å². The normalized spacial score (nSPS) is 19.5. The molecule has 0 aromatic heterocycles. The van der Waals surface area contributed by atoms with Gasteiger partial charge in [0.1, 0.15) is 0 Å². The van der Waals surface area contributed by atoms with E-state index < -0.39 is 22.7 Å². The summed E-state index contributed by atoms with van der Waals surface area (Å²) in [5, 5.41) is 0. The topological polar surface area (TPSA) is 0 Å². The van der Waals surface area contributed by atoms with E-state index in [-0.39, 0.29) is 0 Å². The van der Waals surface area contributed by atoms with Crippen LogP contribution in [0.3, 0.4) is 0 Å². The molecular weight excluding hydrogens is 337 g/mol. The van der Waals surface area contributed by atoms with Gasteiger partial charge in [0.25, 0.3) is 0 Å². The molecule has 12 heavy (non-hydrogen) atoms. The van der Waals surface area contributed by atoms with Gasteiger partial charge in [0.2, 0.25) is 0 Å². The van der Waals surface area contributed by atoms with Crippen molar-refractivity contribution in [2.75, 3.05) is 0 Å². The predicted molar refractivity (Wildman–Crippen MR) is 58.0 cm³/mol. The molecule has 1 heteroatoms. The second kappa shape index (κ2) is 3.64. The Bertz CT molecular complexity index is 232. The maximum atomic E-state index is 2.53. The van der Waals surface area contributed by atoms with Crippen LogP contribution in [0.5, 0.6) is 0 Å². The van der Waals surface area contributed by atoms with Crippen LogP contribution in [-0.2, 0) is 0 Å². The van der Waals surface area contributed by atoms with E-state index in [0.29, 0.717) is 0 Å². The van der Waals surface area contributed by atoms with Gasteiger partial charge >= 0.3 is 85.1 Å². The van der Waals surface area contributed by atoms with Crippen LogP contribution in [-0.4, -0.2) is 22.7 Å². The van der Waals surface area contributed by atoms with Crippen LogP contribution in [0.1, 0.15) is 27.7 Å². The number of rotatable bonds is 1. The van der Waals surface area contributed by atoms with Crippen molar-refractivity contribution in [1.82, 2.24) is 0 Å². The van der Waals surface area contributed by atoms with E-state index in [1.165, 1.54) is 0 Å². The second-order valence-corrected chi connectivity index (χ2v) is 16.6. The van der Waals surface area contributed by atoms with E-state index in [1.807, 2.05) is 0 Å². The zero-order valence-corrected chi connectivity index (χ0v) is 13.6. The molecule has 66 valence electrons. The molecule has 0 radical (unpaired) electrons. The fraction of sp³-hybridized carbons (Fsp3) is 0.636. The van der Waals surface area contributed by atoms with Crippen molar-refractivity contribution in [1.29, 1.82) is 0 Å². The van der Waals surface area contributed by atoms with Crippen LogP contribution < -0.4 is 0 Å². The summed E-state index contributed by atoms with van der Waals surface area (Å²) in [4.78, 5) is 0. The summed E-state index contributed by atoms with van der Waals surface area (Å²) in [6, 6.07) is 0. The zero-order valence-electron chi connectivity index (χ0n) is 9.15. The third kappa shape index (κ3) is 1.54. The van der Waals surface area contributed by atoms with Gasteiger partial charge in [-0.05, 0) is 0 Å². The Morgan fingerprint density at radius 3 is 1.33 bits per heavy atom. The van der Waals surface area contributed by atoms with E-state index in [2.05, 4.69) is 36.7 Å². The molecular formula is C11H19Tl. The quantitative estimate of drug-likeness (QED) is 0.628. The Morgan fingerprint density at radius 2 is 1.17 bits per heavy atom. The summed E-state index contributed by atoms with van der Waals surface area (Å²) in [5.41, 5.74) is 6.51. The summed E-state index contributed by atoms with van der Waals surface area (Å²) in [5.74, 6) is 0. The van der Waals surface area contributed by atoms with E-state index in [0.717, 1.165) is 3.48 Å². The molecule has 0 aliphatic heterocycles. The van der Waals surface area contributed by atoms with Crippen molar-refractivity contribution in [3.63, 3.8) is 0 Å². The molecule has 0 spiro atoms. The molecule has 0 unspecified atom stereocenters. The number of hydrogen-bond donors (Lipinski definition) is 0. The van der Waals surface area contributed by atoms with Gasteiger partial charge in [0, 0.05) is 0 Å². The Balaban J connectivity index is 3.08. The standard InChI is InChI=1S/C9H13.2CH3.Tl/c1-6-5-7(2)9(4)8(6)3;;;/h5H,1-4H3;2*1H3;. The van der Waals surface area contributed by atoms with E-state index in [4.69, 9.17) is 0 Å². The van der Waals surface area contributed by atoms with Gasteiger partial charge in [-0.3, -0.25) is 0 Å². The molecule has 0 nitrogen and oxygen atoms in total. The molecule has 0 heterocycles. The SMILES string of the molecule is CC1=C(C)[CH]([Tl]([CH3])[CH3])C(C)=C1C. The third-order valence-corrected chi connectivity index (χ3v) is 12.4. The van der Waals surface area contributed by atoms with Gasteiger partial charge < -0.3 is 0 Å². The summed E-state index contributed by atoms with van der Waals surface area (Å²) >= 11 is -1.30. The van der Waals surface area contributed by atoms with Crippen LogP contribution in [0.15, 0.2) is 22.3 Å². The summed E-state index contributed by atoms with van der Waals surface area (Å²) in [7, 11) is 0. The molecule has 0 aromatic carbocycles. The minimum absolute atomic E-state index is 0.935. The number of allylic oxidation sites excluding steroid dienone is 4. The van der Waals surface area contributed by atoms with Gasteiger partial charge in [-0.25, -0.2) is 0 Å². The van der Waals surface area contributed by atoms with Gasteiger partial charge in [-0.2, -0.15) is 0 Å². The van der Waals surface area contributed by atoms with Crippen molar-refractivity contribution in [2.24, 2.45) is 0 Å². The van der Waals surface area contributed by atoms with Crippen LogP contribution in [0.4, 0.5) is 0 Å². The average Bonchev–Trinajstić information content (AvgIpc) is 2.16. The molecule has 1 aliphatic carbocycles. The first-order valence-electron chi connectivity index (χ1n) is 4.82. The molecule has 0 aromatic rings. The van der Waals surface area contributed by atoms with Crippen LogP contribution >= 0.6 is 0 Å². The monoisotopic (exact) mass is 356 g/mol. The fourth-order valence-electron chi connectivity index (χ4n) is 2.38. The van der Waals surface area contributed by atoms with Gasteiger partial charge in [-0.15, -0.1) is 0 Å². The van der Waals surface area contributed by atoms with E-state index in [1.54, 1.807) is 22.3 Å². The van der Waals surface area contributed by atoms with Crippen molar-refractivity contribution in [2.45, 2.75) is 40.1 Å². The summed E-state index contributed by atoms with van der Waals surface area (Å²) < 4.78 is 6.00.